The predicted molar refractivity (Wildman–Crippen MR) is 111 cm³/mol. The van der Waals surface area contributed by atoms with Gasteiger partial charge in [0, 0.05) is 23.4 Å². The van der Waals surface area contributed by atoms with E-state index in [-0.39, 0.29) is 6.17 Å². The molecule has 0 saturated heterocycles. The highest BCUT2D eigenvalue weighted by Crippen LogP contribution is 2.45. The van der Waals surface area contributed by atoms with Crippen molar-refractivity contribution in [3.8, 4) is 11.1 Å². The molecule has 29 heavy (non-hydrogen) atoms. The first kappa shape index (κ1) is 17.2. The molecule has 1 aromatic heterocycles. The Morgan fingerprint density at radius 3 is 2.55 bits per heavy atom. The number of esters is 1. The molecule has 1 aliphatic rings. The molecule has 0 aliphatic carbocycles. The monoisotopic (exact) mass is 382 g/mol. The Balaban J connectivity index is 1.78. The van der Waals surface area contributed by atoms with Crippen molar-refractivity contribution in [2.75, 3.05) is 12.0 Å². The minimum atomic E-state index is -0.413. The van der Waals surface area contributed by atoms with Gasteiger partial charge in [0.05, 0.1) is 18.3 Å². The van der Waals surface area contributed by atoms with Crippen LogP contribution in [0, 0.1) is 0 Å². The van der Waals surface area contributed by atoms with Gasteiger partial charge in [-0.25, -0.2) is 9.48 Å². The van der Waals surface area contributed by atoms with E-state index in [1.54, 1.807) is 6.20 Å². The van der Waals surface area contributed by atoms with E-state index in [0.717, 1.165) is 33.4 Å². The summed E-state index contributed by atoms with van der Waals surface area (Å²) in [5, 5.41) is 8.80. The molecule has 6 heteroatoms. The number of methoxy groups -OCH3 is 1. The van der Waals surface area contributed by atoms with Crippen LogP contribution in [0.1, 0.15) is 11.7 Å². The third kappa shape index (κ3) is 2.77. The lowest BCUT2D eigenvalue weighted by atomic mass is 9.91. The third-order valence-electron chi connectivity index (χ3n) is 5.16. The Kier molecular flexibility index (Phi) is 4.09. The second-order valence-electron chi connectivity index (χ2n) is 6.75. The zero-order chi connectivity index (χ0) is 19.8. The number of hydrogen-bond donors (Lipinski definition) is 0. The number of nitrogens with zero attached hydrogens (tertiary/aromatic N) is 4. The van der Waals surface area contributed by atoms with Crippen molar-refractivity contribution < 1.29 is 9.53 Å². The number of carbonyl (C=O) groups excluding carboxylic acids is 1. The van der Waals surface area contributed by atoms with Gasteiger partial charge >= 0.3 is 5.97 Å². The van der Waals surface area contributed by atoms with Crippen LogP contribution in [0.4, 0.5) is 5.69 Å². The number of rotatable bonds is 3. The summed E-state index contributed by atoms with van der Waals surface area (Å²) in [5.41, 5.74) is 6.03. The normalized spacial score (nSPS) is 15.3. The maximum absolute atomic E-state index is 11.8. The SMILES string of the molecule is COC(=O)/C=C/N1c2ccccc2-c2ccccc2C1n1nnc2ccccc21. The van der Waals surface area contributed by atoms with E-state index in [4.69, 9.17) is 4.74 Å². The number of ether oxygens (including phenoxy) is 1. The van der Waals surface area contributed by atoms with Crippen molar-refractivity contribution in [3.05, 3.63) is 90.6 Å². The Morgan fingerprint density at radius 2 is 1.69 bits per heavy atom. The van der Waals surface area contributed by atoms with E-state index in [1.807, 2.05) is 64.2 Å². The first-order valence-electron chi connectivity index (χ1n) is 9.30. The van der Waals surface area contributed by atoms with Crippen LogP contribution in [0.25, 0.3) is 22.2 Å². The van der Waals surface area contributed by atoms with Crippen molar-refractivity contribution in [2.45, 2.75) is 6.17 Å². The Morgan fingerprint density at radius 1 is 0.966 bits per heavy atom. The lowest BCUT2D eigenvalue weighted by molar-refractivity contribution is -0.134. The zero-order valence-electron chi connectivity index (χ0n) is 15.8. The number of carbonyl (C=O) groups is 1. The van der Waals surface area contributed by atoms with Gasteiger partial charge in [0.1, 0.15) is 5.52 Å². The molecular weight excluding hydrogens is 364 g/mol. The van der Waals surface area contributed by atoms with Crippen molar-refractivity contribution in [3.63, 3.8) is 0 Å². The van der Waals surface area contributed by atoms with Gasteiger partial charge in [-0.2, -0.15) is 0 Å². The van der Waals surface area contributed by atoms with Crippen LogP contribution in [0.15, 0.2) is 85.1 Å². The number of para-hydroxylation sites is 2. The standard InChI is InChI=1S/C23H18N4O2/c1-29-22(28)14-15-26-20-12-6-4-9-17(20)16-8-2-3-10-18(16)23(26)27-21-13-7-5-11-19(21)24-25-27/h2-15,23H,1H3/b15-14+. The molecule has 1 atom stereocenters. The Bertz CT molecular complexity index is 1240. The summed E-state index contributed by atoms with van der Waals surface area (Å²) < 4.78 is 6.70. The molecule has 0 N–H and O–H groups in total. The fourth-order valence-corrected chi connectivity index (χ4v) is 3.86. The number of fused-ring (bicyclic) bond motifs is 4. The highest BCUT2D eigenvalue weighted by Gasteiger charge is 2.32. The van der Waals surface area contributed by atoms with Crippen molar-refractivity contribution in [1.29, 1.82) is 0 Å². The highest BCUT2D eigenvalue weighted by molar-refractivity contribution is 5.88. The molecule has 5 rings (SSSR count). The van der Waals surface area contributed by atoms with E-state index < -0.39 is 5.97 Å². The minimum Gasteiger partial charge on any atom is -0.466 e. The lowest BCUT2D eigenvalue weighted by Gasteiger charge is -2.38. The first-order valence-corrected chi connectivity index (χ1v) is 9.30. The molecule has 0 spiro atoms. The van der Waals surface area contributed by atoms with E-state index >= 15 is 0 Å². The fourth-order valence-electron chi connectivity index (χ4n) is 3.86. The summed E-state index contributed by atoms with van der Waals surface area (Å²) in [6.45, 7) is 0. The molecule has 2 heterocycles. The summed E-state index contributed by atoms with van der Waals surface area (Å²) in [7, 11) is 1.37. The number of aromatic nitrogens is 3. The van der Waals surface area contributed by atoms with Crippen molar-refractivity contribution in [1.82, 2.24) is 15.0 Å². The molecule has 0 saturated carbocycles. The van der Waals surface area contributed by atoms with Gasteiger partial charge in [-0.1, -0.05) is 59.8 Å². The van der Waals surface area contributed by atoms with E-state index in [0.29, 0.717) is 0 Å². The molecule has 1 aliphatic heterocycles. The molecule has 142 valence electrons. The molecular formula is C23H18N4O2. The third-order valence-corrected chi connectivity index (χ3v) is 5.16. The van der Waals surface area contributed by atoms with E-state index in [1.165, 1.54) is 13.2 Å². The zero-order valence-corrected chi connectivity index (χ0v) is 15.8. The maximum Gasteiger partial charge on any atom is 0.331 e. The fraction of sp³-hybridized carbons (Fsp3) is 0.0870. The second kappa shape index (κ2) is 6.91. The summed E-state index contributed by atoms with van der Waals surface area (Å²) in [4.78, 5) is 13.9. The smallest absolute Gasteiger partial charge is 0.331 e. The molecule has 3 aromatic carbocycles. The molecule has 1 unspecified atom stereocenters. The summed E-state index contributed by atoms with van der Waals surface area (Å²) in [5.74, 6) is -0.413. The van der Waals surface area contributed by atoms with Crippen LogP contribution in [-0.2, 0) is 9.53 Å². The van der Waals surface area contributed by atoms with Crippen LogP contribution in [-0.4, -0.2) is 28.1 Å². The Labute approximate surface area is 167 Å². The van der Waals surface area contributed by atoms with E-state index in [2.05, 4.69) is 28.5 Å². The molecule has 0 fully saturated rings. The van der Waals surface area contributed by atoms with Gasteiger partial charge in [-0.3, -0.25) is 0 Å². The van der Waals surface area contributed by atoms with Crippen LogP contribution < -0.4 is 4.90 Å². The quantitative estimate of drug-likeness (QED) is 0.393. The lowest BCUT2D eigenvalue weighted by Crippen LogP contribution is -2.33. The van der Waals surface area contributed by atoms with Gasteiger partial charge in [0.25, 0.3) is 0 Å². The van der Waals surface area contributed by atoms with Crippen LogP contribution in [0.2, 0.25) is 0 Å². The maximum atomic E-state index is 11.8. The van der Waals surface area contributed by atoms with Crippen LogP contribution >= 0.6 is 0 Å². The number of anilines is 1. The predicted octanol–water partition coefficient (Wildman–Crippen LogP) is 4.15. The van der Waals surface area contributed by atoms with Crippen molar-refractivity contribution in [2.24, 2.45) is 0 Å². The second-order valence-corrected chi connectivity index (χ2v) is 6.75. The molecule has 0 bridgehead atoms. The van der Waals surface area contributed by atoms with Crippen LogP contribution in [0.3, 0.4) is 0 Å². The summed E-state index contributed by atoms with van der Waals surface area (Å²) in [6, 6.07) is 24.2. The molecule has 4 aromatic rings. The van der Waals surface area contributed by atoms with Gasteiger partial charge in [0.2, 0.25) is 0 Å². The minimum absolute atomic E-state index is 0.297. The molecule has 0 radical (unpaired) electrons. The molecule has 6 nitrogen and oxygen atoms in total. The first-order chi connectivity index (χ1) is 14.3. The average Bonchev–Trinajstić information content (AvgIpc) is 3.20. The average molecular weight is 382 g/mol. The van der Waals surface area contributed by atoms with Crippen molar-refractivity contribution >= 4 is 22.7 Å². The Hall–Kier alpha value is -3.93. The van der Waals surface area contributed by atoms with Gasteiger partial charge in [-0.15, -0.1) is 5.10 Å². The van der Waals surface area contributed by atoms with Gasteiger partial charge in [0.15, 0.2) is 6.17 Å². The van der Waals surface area contributed by atoms with Crippen LogP contribution in [0.5, 0.6) is 0 Å². The van der Waals surface area contributed by atoms with Gasteiger partial charge in [-0.05, 0) is 23.8 Å². The number of hydrogen-bond acceptors (Lipinski definition) is 5. The number of benzene rings is 3. The summed E-state index contributed by atoms with van der Waals surface area (Å²) >= 11 is 0. The highest BCUT2D eigenvalue weighted by atomic mass is 16.5. The van der Waals surface area contributed by atoms with E-state index in [9.17, 15) is 4.79 Å². The molecule has 0 amide bonds. The van der Waals surface area contributed by atoms with Gasteiger partial charge < -0.3 is 9.64 Å². The summed E-state index contributed by atoms with van der Waals surface area (Å²) in [6.07, 6.45) is 2.88. The topological polar surface area (TPSA) is 60.2 Å². The largest absolute Gasteiger partial charge is 0.466 e.